The van der Waals surface area contributed by atoms with Crippen LogP contribution in [0.1, 0.15) is 45.9 Å². The van der Waals surface area contributed by atoms with Gasteiger partial charge in [0.15, 0.2) is 5.69 Å². The van der Waals surface area contributed by atoms with Crippen LogP contribution in [-0.4, -0.2) is 44.6 Å². The van der Waals surface area contributed by atoms with Gasteiger partial charge in [-0.1, -0.05) is 51.5 Å². The minimum absolute atomic E-state index is 0.0697. The van der Waals surface area contributed by atoms with Crippen molar-refractivity contribution in [1.29, 1.82) is 0 Å². The van der Waals surface area contributed by atoms with Crippen molar-refractivity contribution < 1.29 is 28.6 Å². The van der Waals surface area contributed by atoms with Crippen molar-refractivity contribution in [2.45, 2.75) is 52.4 Å². The lowest BCUT2D eigenvalue weighted by atomic mass is 10.0. The van der Waals surface area contributed by atoms with Crippen LogP contribution in [0.3, 0.4) is 0 Å². The molecular formula is C34H35BrN5O5S+. The molecule has 0 saturated heterocycles. The van der Waals surface area contributed by atoms with E-state index in [4.69, 9.17) is 10.5 Å². The molecular weight excluding hydrogens is 670 g/mol. The maximum absolute atomic E-state index is 14.0. The summed E-state index contributed by atoms with van der Waals surface area (Å²) >= 11 is 5.13. The second kappa shape index (κ2) is 14.2. The molecule has 1 atom stereocenters. The van der Waals surface area contributed by atoms with E-state index in [1.54, 1.807) is 61.6 Å². The van der Waals surface area contributed by atoms with Gasteiger partial charge in [-0.25, -0.2) is 14.2 Å². The van der Waals surface area contributed by atoms with Crippen LogP contribution in [0.4, 0.5) is 10.5 Å². The van der Waals surface area contributed by atoms with E-state index in [0.717, 1.165) is 31.1 Å². The number of primary amides is 1. The fraction of sp³-hybridized carbons (Fsp3) is 0.235. The molecule has 2 aromatic heterocycles. The third kappa shape index (κ3) is 7.93. The number of fused-ring (bicyclic) bond motifs is 1. The molecule has 4 N–H and O–H groups in total. The lowest BCUT2D eigenvalue weighted by Crippen LogP contribution is -2.50. The molecule has 0 spiro atoms. The maximum Gasteiger partial charge on any atom is 0.346 e. The standard InChI is InChI=1S/C34H34BrN5O5S/c1-21(2)45-32(43)25-8-12-27(13-9-25)37-33(44)40(30(31(36)42)16-23-6-14-29(41)15-7-23)20-28-19-38-17-22(3)46-34(38)39(28)18-24-4-10-26(35)11-5-24/h4-15,17,19,21,30H,16,18,20H2,1-3H3,(H3-,36,37,41,42,43,44)/p+1/t30-/m0/s1. The number of carbonyl (C=O) groups is 3. The number of carbonyl (C=O) groups excluding carboxylic acids is 3. The first-order chi connectivity index (χ1) is 22.0. The molecule has 0 unspecified atom stereocenters. The number of nitrogens with two attached hydrogens (primary N) is 1. The lowest BCUT2D eigenvalue weighted by molar-refractivity contribution is -0.506. The number of benzene rings is 3. The van der Waals surface area contributed by atoms with E-state index < -0.39 is 23.9 Å². The van der Waals surface area contributed by atoms with E-state index in [2.05, 4.69) is 25.8 Å². The van der Waals surface area contributed by atoms with E-state index >= 15 is 0 Å². The quantitative estimate of drug-likeness (QED) is 0.118. The zero-order valence-corrected chi connectivity index (χ0v) is 28.0. The molecule has 0 radical (unpaired) electrons. The Bertz CT molecular complexity index is 1850. The zero-order chi connectivity index (χ0) is 33.0. The van der Waals surface area contributed by atoms with Crippen LogP contribution in [0.15, 0.2) is 89.7 Å². The molecule has 0 aliphatic rings. The molecule has 0 aliphatic heterocycles. The number of imidazole rings is 1. The number of nitrogens with zero attached hydrogens (tertiary/aromatic N) is 3. The number of halogens is 1. The Hall–Kier alpha value is -4.68. The first-order valence-electron chi connectivity index (χ1n) is 14.7. The molecule has 0 aliphatic carbocycles. The molecule has 238 valence electrons. The first-order valence-corrected chi connectivity index (χ1v) is 16.3. The van der Waals surface area contributed by atoms with Gasteiger partial charge in [0.1, 0.15) is 30.7 Å². The molecule has 3 aromatic carbocycles. The number of ether oxygens (including phenoxy) is 1. The van der Waals surface area contributed by atoms with Gasteiger partial charge >= 0.3 is 17.0 Å². The molecule has 0 saturated carbocycles. The molecule has 3 amide bonds. The number of esters is 1. The third-order valence-electron chi connectivity index (χ3n) is 7.29. The Labute approximate surface area is 279 Å². The Kier molecular flexibility index (Phi) is 10.1. The topological polar surface area (TPSA) is 131 Å². The van der Waals surface area contributed by atoms with E-state index in [1.165, 1.54) is 17.0 Å². The van der Waals surface area contributed by atoms with E-state index in [1.807, 2.05) is 48.0 Å². The predicted molar refractivity (Wildman–Crippen MR) is 180 cm³/mol. The highest BCUT2D eigenvalue weighted by atomic mass is 79.9. The van der Waals surface area contributed by atoms with Crippen LogP contribution >= 0.6 is 27.3 Å². The van der Waals surface area contributed by atoms with Crippen molar-refractivity contribution in [1.82, 2.24) is 9.47 Å². The minimum atomic E-state index is -1.02. The Morgan fingerprint density at radius 2 is 1.65 bits per heavy atom. The van der Waals surface area contributed by atoms with Gasteiger partial charge in [-0.05, 0) is 80.4 Å². The van der Waals surface area contributed by atoms with Crippen LogP contribution < -0.4 is 15.5 Å². The lowest BCUT2D eigenvalue weighted by Gasteiger charge is -2.29. The summed E-state index contributed by atoms with van der Waals surface area (Å²) in [6.45, 7) is 6.19. The number of hydrogen-bond donors (Lipinski definition) is 3. The number of aryl methyl sites for hydroxylation is 1. The average molecular weight is 706 g/mol. The highest BCUT2D eigenvalue weighted by Gasteiger charge is 2.32. The first kappa shape index (κ1) is 32.7. The number of aromatic nitrogens is 2. The third-order valence-corrected chi connectivity index (χ3v) is 8.86. The normalized spacial score (nSPS) is 11.8. The zero-order valence-electron chi connectivity index (χ0n) is 25.6. The minimum Gasteiger partial charge on any atom is -0.508 e. The summed E-state index contributed by atoms with van der Waals surface area (Å²) in [5.41, 5.74) is 9.34. The van der Waals surface area contributed by atoms with Gasteiger partial charge in [-0.15, -0.1) is 0 Å². The van der Waals surface area contributed by atoms with Crippen molar-refractivity contribution in [3.63, 3.8) is 0 Å². The summed E-state index contributed by atoms with van der Waals surface area (Å²) in [6, 6.07) is 19.3. The molecule has 10 nitrogen and oxygen atoms in total. The number of hydrogen-bond acceptors (Lipinski definition) is 6. The number of anilines is 1. The molecule has 0 fully saturated rings. The number of rotatable bonds is 11. The van der Waals surface area contributed by atoms with Crippen LogP contribution in [0.5, 0.6) is 5.75 Å². The van der Waals surface area contributed by atoms with Crippen LogP contribution in [0.25, 0.3) is 4.96 Å². The van der Waals surface area contributed by atoms with Crippen molar-refractivity contribution in [2.24, 2.45) is 5.73 Å². The molecule has 12 heteroatoms. The van der Waals surface area contributed by atoms with Crippen LogP contribution in [-0.2, 0) is 29.0 Å². The number of amides is 3. The van der Waals surface area contributed by atoms with Gasteiger partial charge in [-0.3, -0.25) is 4.79 Å². The Morgan fingerprint density at radius 3 is 2.28 bits per heavy atom. The second-order valence-electron chi connectivity index (χ2n) is 11.2. The maximum atomic E-state index is 14.0. The molecule has 46 heavy (non-hydrogen) atoms. The van der Waals surface area contributed by atoms with Crippen LogP contribution in [0, 0.1) is 6.92 Å². The number of thiazole rings is 1. The fourth-order valence-corrected chi connectivity index (χ4v) is 6.29. The highest BCUT2D eigenvalue weighted by molar-refractivity contribution is 9.10. The smallest absolute Gasteiger partial charge is 0.346 e. The van der Waals surface area contributed by atoms with Crippen LogP contribution in [0.2, 0.25) is 0 Å². The molecule has 0 bridgehead atoms. The number of phenolic OH excluding ortho intramolecular Hbond substituents is 1. The van der Waals surface area contributed by atoms with Gasteiger partial charge in [0.25, 0.3) is 0 Å². The largest absolute Gasteiger partial charge is 0.508 e. The SMILES string of the molecule is Cc1c[n+]2cc(CN(C(=O)Nc3ccc(C(=O)OC(C)C)cc3)[C@@H](Cc3ccc(O)cc3)C(N)=O)n(Cc3ccc(Br)cc3)c2s1. The van der Waals surface area contributed by atoms with Crippen molar-refractivity contribution >= 4 is 55.8 Å². The van der Waals surface area contributed by atoms with Gasteiger partial charge in [-0.2, -0.15) is 4.40 Å². The predicted octanol–water partition coefficient (Wildman–Crippen LogP) is 5.81. The summed E-state index contributed by atoms with van der Waals surface area (Å²) in [4.78, 5) is 42.9. The summed E-state index contributed by atoms with van der Waals surface area (Å²) in [5.74, 6) is -1.05. The number of aromatic hydroxyl groups is 1. The Morgan fingerprint density at radius 1 is 1.00 bits per heavy atom. The van der Waals surface area contributed by atoms with E-state index in [9.17, 15) is 19.5 Å². The molecule has 5 rings (SSSR count). The van der Waals surface area contributed by atoms with Gasteiger partial charge in [0.05, 0.1) is 18.2 Å². The van der Waals surface area contributed by atoms with Gasteiger partial charge in [0.2, 0.25) is 5.91 Å². The summed E-state index contributed by atoms with van der Waals surface area (Å²) in [6.07, 6.45) is 3.86. The second-order valence-corrected chi connectivity index (χ2v) is 13.4. The van der Waals surface area contributed by atoms with Gasteiger partial charge < -0.3 is 25.8 Å². The van der Waals surface area contributed by atoms with E-state index in [0.29, 0.717) is 17.8 Å². The highest BCUT2D eigenvalue weighted by Crippen LogP contribution is 2.23. The fourth-order valence-electron chi connectivity index (χ4n) is 5.07. The van der Waals surface area contributed by atoms with E-state index in [-0.39, 0.29) is 24.8 Å². The van der Waals surface area contributed by atoms with Crippen molar-refractivity contribution in [3.8, 4) is 5.75 Å². The monoisotopic (exact) mass is 704 g/mol. The van der Waals surface area contributed by atoms with Crippen molar-refractivity contribution in [2.75, 3.05) is 5.32 Å². The number of urea groups is 1. The Balaban J connectivity index is 1.50. The molecule has 5 aromatic rings. The summed E-state index contributed by atoms with van der Waals surface area (Å²) in [5, 5.41) is 12.7. The summed E-state index contributed by atoms with van der Waals surface area (Å²) < 4.78 is 10.4. The number of phenols is 1. The average Bonchev–Trinajstić information content (AvgIpc) is 3.52. The van der Waals surface area contributed by atoms with Crippen molar-refractivity contribution in [3.05, 3.63) is 117 Å². The number of nitrogens with one attached hydrogen (secondary N) is 1. The summed E-state index contributed by atoms with van der Waals surface area (Å²) in [7, 11) is 0. The van der Waals surface area contributed by atoms with Gasteiger partial charge in [0, 0.05) is 21.5 Å². The molecule has 2 heterocycles.